The molecule has 17 heavy (non-hydrogen) atoms. The molecule has 6 heteroatoms. The summed E-state index contributed by atoms with van der Waals surface area (Å²) in [6, 6.07) is 4.75. The van der Waals surface area contributed by atoms with E-state index in [0.29, 0.717) is 28.1 Å². The summed E-state index contributed by atoms with van der Waals surface area (Å²) in [7, 11) is 1.56. The Balaban J connectivity index is 2.46. The van der Waals surface area contributed by atoms with Crippen LogP contribution in [0, 0.1) is 6.92 Å². The van der Waals surface area contributed by atoms with Gasteiger partial charge in [0.05, 0.1) is 13.2 Å². The van der Waals surface area contributed by atoms with Crippen molar-refractivity contribution in [3.63, 3.8) is 0 Å². The highest BCUT2D eigenvalue weighted by atomic mass is 35.5. The van der Waals surface area contributed by atoms with Gasteiger partial charge in [-0.15, -0.1) is 0 Å². The fourth-order valence-corrected chi connectivity index (χ4v) is 1.85. The van der Waals surface area contributed by atoms with Gasteiger partial charge in [0, 0.05) is 17.5 Å². The Morgan fingerprint density at radius 2 is 2.24 bits per heavy atom. The van der Waals surface area contributed by atoms with Crippen LogP contribution in [0.1, 0.15) is 23.3 Å². The van der Waals surface area contributed by atoms with Crippen molar-refractivity contribution < 1.29 is 9.26 Å². The zero-order valence-corrected chi connectivity index (χ0v) is 10.2. The molecule has 0 saturated carbocycles. The van der Waals surface area contributed by atoms with E-state index in [9.17, 15) is 0 Å². The molecule has 0 aliphatic carbocycles. The molecular weight excluding hydrogens is 242 g/mol. The van der Waals surface area contributed by atoms with Crippen LogP contribution in [-0.2, 0) is 0 Å². The topological polar surface area (TPSA) is 74.2 Å². The first-order valence-electron chi connectivity index (χ1n) is 5.01. The van der Waals surface area contributed by atoms with E-state index in [-0.39, 0.29) is 0 Å². The third-order valence-electron chi connectivity index (χ3n) is 2.37. The van der Waals surface area contributed by atoms with Gasteiger partial charge in [-0.2, -0.15) is 4.98 Å². The van der Waals surface area contributed by atoms with E-state index in [4.69, 9.17) is 26.6 Å². The highest BCUT2D eigenvalue weighted by Crippen LogP contribution is 2.33. The minimum Gasteiger partial charge on any atom is -0.496 e. The van der Waals surface area contributed by atoms with Crippen LogP contribution in [0.2, 0.25) is 5.02 Å². The van der Waals surface area contributed by atoms with Gasteiger partial charge in [0.15, 0.2) is 5.82 Å². The van der Waals surface area contributed by atoms with Crippen molar-refractivity contribution in [1.82, 2.24) is 10.1 Å². The summed E-state index contributed by atoms with van der Waals surface area (Å²) in [5.41, 5.74) is 6.71. The van der Waals surface area contributed by atoms with E-state index in [1.807, 2.05) is 0 Å². The van der Waals surface area contributed by atoms with Crippen molar-refractivity contribution in [3.8, 4) is 5.75 Å². The third kappa shape index (κ3) is 2.25. The number of methoxy groups -OCH3 is 1. The molecule has 0 aliphatic rings. The minimum atomic E-state index is -0.573. The van der Waals surface area contributed by atoms with Gasteiger partial charge in [-0.1, -0.05) is 22.8 Å². The predicted octanol–water partition coefficient (Wildman–Crippen LogP) is 2.09. The van der Waals surface area contributed by atoms with Crippen molar-refractivity contribution >= 4 is 11.6 Å². The second kappa shape index (κ2) is 4.73. The van der Waals surface area contributed by atoms with Crippen molar-refractivity contribution in [1.29, 1.82) is 0 Å². The Labute approximate surface area is 104 Å². The van der Waals surface area contributed by atoms with Crippen LogP contribution in [0.25, 0.3) is 0 Å². The lowest BCUT2D eigenvalue weighted by Crippen LogP contribution is -2.15. The number of aryl methyl sites for hydroxylation is 1. The van der Waals surface area contributed by atoms with Gasteiger partial charge in [-0.25, -0.2) is 0 Å². The van der Waals surface area contributed by atoms with Crippen molar-refractivity contribution in [2.24, 2.45) is 5.73 Å². The highest BCUT2D eigenvalue weighted by molar-refractivity contribution is 6.31. The minimum absolute atomic E-state index is 0.383. The summed E-state index contributed by atoms with van der Waals surface area (Å²) in [5.74, 6) is 1.45. The Bertz CT molecular complexity index is 527. The fourth-order valence-electron chi connectivity index (χ4n) is 1.57. The van der Waals surface area contributed by atoms with E-state index in [0.717, 1.165) is 0 Å². The largest absolute Gasteiger partial charge is 0.496 e. The molecule has 0 bridgehead atoms. The molecule has 1 aromatic carbocycles. The van der Waals surface area contributed by atoms with Crippen LogP contribution in [0.5, 0.6) is 5.75 Å². The van der Waals surface area contributed by atoms with E-state index in [1.54, 1.807) is 32.2 Å². The first-order valence-corrected chi connectivity index (χ1v) is 5.39. The molecule has 0 spiro atoms. The molecule has 1 unspecified atom stereocenters. The molecule has 0 radical (unpaired) electrons. The molecule has 5 nitrogen and oxygen atoms in total. The molecule has 0 saturated heterocycles. The summed E-state index contributed by atoms with van der Waals surface area (Å²) < 4.78 is 10.1. The first-order chi connectivity index (χ1) is 8.13. The van der Waals surface area contributed by atoms with Crippen LogP contribution >= 0.6 is 11.6 Å². The standard InChI is InChI=1S/C11H12ClN3O2/c1-6-14-11(15-17-6)10(13)9-7(12)4-3-5-8(9)16-2/h3-5,10H,13H2,1-2H3. The van der Waals surface area contributed by atoms with Gasteiger partial charge in [-0.3, -0.25) is 0 Å². The fraction of sp³-hybridized carbons (Fsp3) is 0.273. The molecule has 1 aromatic heterocycles. The molecule has 1 atom stereocenters. The second-order valence-corrected chi connectivity index (χ2v) is 3.91. The van der Waals surface area contributed by atoms with Crippen LogP contribution in [-0.4, -0.2) is 17.3 Å². The second-order valence-electron chi connectivity index (χ2n) is 3.51. The predicted molar refractivity (Wildman–Crippen MR) is 63.1 cm³/mol. The molecule has 1 heterocycles. The SMILES string of the molecule is COc1cccc(Cl)c1C(N)c1noc(C)n1. The number of aromatic nitrogens is 2. The Morgan fingerprint density at radius 1 is 1.47 bits per heavy atom. The Hall–Kier alpha value is -1.59. The van der Waals surface area contributed by atoms with Gasteiger partial charge < -0.3 is 15.0 Å². The van der Waals surface area contributed by atoms with Gasteiger partial charge in [0.1, 0.15) is 5.75 Å². The van der Waals surface area contributed by atoms with Crippen LogP contribution < -0.4 is 10.5 Å². The zero-order chi connectivity index (χ0) is 12.4. The first kappa shape index (κ1) is 11.9. The lowest BCUT2D eigenvalue weighted by molar-refractivity contribution is 0.383. The third-order valence-corrected chi connectivity index (χ3v) is 2.69. The highest BCUT2D eigenvalue weighted by Gasteiger charge is 2.21. The Morgan fingerprint density at radius 3 is 2.82 bits per heavy atom. The average molecular weight is 254 g/mol. The van der Waals surface area contributed by atoms with Crippen molar-refractivity contribution in [2.75, 3.05) is 7.11 Å². The van der Waals surface area contributed by atoms with Crippen LogP contribution in [0.3, 0.4) is 0 Å². The lowest BCUT2D eigenvalue weighted by Gasteiger charge is -2.14. The molecule has 0 fully saturated rings. The average Bonchev–Trinajstić information content (AvgIpc) is 2.74. The summed E-state index contributed by atoms with van der Waals surface area (Å²) in [5, 5.41) is 4.30. The number of hydrogen-bond acceptors (Lipinski definition) is 5. The quantitative estimate of drug-likeness (QED) is 0.907. The van der Waals surface area contributed by atoms with E-state index in [1.165, 1.54) is 0 Å². The summed E-state index contributed by atoms with van der Waals surface area (Å²) >= 11 is 6.11. The molecule has 2 rings (SSSR count). The number of hydrogen-bond donors (Lipinski definition) is 1. The molecule has 90 valence electrons. The number of rotatable bonds is 3. The lowest BCUT2D eigenvalue weighted by atomic mass is 10.1. The smallest absolute Gasteiger partial charge is 0.223 e. The molecular formula is C11H12ClN3O2. The summed E-state index contributed by atoms with van der Waals surface area (Å²) in [6.07, 6.45) is 0. The Kier molecular flexibility index (Phi) is 3.31. The molecule has 2 aromatic rings. The number of ether oxygens (including phenoxy) is 1. The van der Waals surface area contributed by atoms with E-state index >= 15 is 0 Å². The van der Waals surface area contributed by atoms with Gasteiger partial charge >= 0.3 is 0 Å². The van der Waals surface area contributed by atoms with E-state index in [2.05, 4.69) is 10.1 Å². The number of benzene rings is 1. The van der Waals surface area contributed by atoms with Crippen molar-refractivity contribution in [3.05, 3.63) is 40.5 Å². The van der Waals surface area contributed by atoms with Crippen molar-refractivity contribution in [2.45, 2.75) is 13.0 Å². The maximum absolute atomic E-state index is 6.11. The maximum Gasteiger partial charge on any atom is 0.223 e. The summed E-state index contributed by atoms with van der Waals surface area (Å²) in [4.78, 5) is 4.09. The van der Waals surface area contributed by atoms with E-state index < -0.39 is 6.04 Å². The molecule has 0 aliphatic heterocycles. The number of halogens is 1. The molecule has 0 amide bonds. The summed E-state index contributed by atoms with van der Waals surface area (Å²) in [6.45, 7) is 1.70. The zero-order valence-electron chi connectivity index (χ0n) is 9.48. The van der Waals surface area contributed by atoms with Crippen LogP contribution in [0.15, 0.2) is 22.7 Å². The normalized spacial score (nSPS) is 12.5. The van der Waals surface area contributed by atoms with Gasteiger partial charge in [0.25, 0.3) is 0 Å². The monoisotopic (exact) mass is 253 g/mol. The van der Waals surface area contributed by atoms with Gasteiger partial charge in [0.2, 0.25) is 5.89 Å². The van der Waals surface area contributed by atoms with Crippen LogP contribution in [0.4, 0.5) is 0 Å². The van der Waals surface area contributed by atoms with Gasteiger partial charge in [-0.05, 0) is 12.1 Å². The maximum atomic E-state index is 6.11. The number of nitrogens with zero attached hydrogens (tertiary/aromatic N) is 2. The number of nitrogens with two attached hydrogens (primary N) is 1. The molecule has 2 N–H and O–H groups in total.